The molecule has 19 heteroatoms. The van der Waals surface area contributed by atoms with Gasteiger partial charge in [0, 0.05) is 0 Å². The van der Waals surface area contributed by atoms with E-state index in [0.717, 1.165) is 0 Å². The second-order valence-electron chi connectivity index (χ2n) is 3.48. The standard InChI is InChI=1S/C5H3N7O11.H3N/c1-23-2-3(8(13)14)6-7(4(2)9(15)16)5(10(17)18,11(19)20)12(21)22;/h1H3;1H3. The Kier molecular flexibility index (Phi) is 5.31. The maximum atomic E-state index is 10.9. The molecule has 1 heterocycles. The summed E-state index contributed by atoms with van der Waals surface area (Å²) < 4.78 is 3.38. The van der Waals surface area contributed by atoms with Crippen molar-refractivity contribution in [2.75, 3.05) is 7.11 Å². The van der Waals surface area contributed by atoms with E-state index in [2.05, 4.69) is 9.84 Å². The van der Waals surface area contributed by atoms with Gasteiger partial charge in [-0.3, -0.25) is 0 Å². The number of aromatic nitrogens is 2. The van der Waals surface area contributed by atoms with Gasteiger partial charge in [0.1, 0.15) is 0 Å². The Morgan fingerprint density at radius 2 is 1.33 bits per heavy atom. The molecule has 0 aliphatic rings. The number of rotatable bonds is 7. The Morgan fingerprint density at radius 1 is 0.917 bits per heavy atom. The lowest BCUT2D eigenvalue weighted by Crippen LogP contribution is -2.55. The van der Waals surface area contributed by atoms with Crippen LogP contribution in [-0.4, -0.2) is 41.5 Å². The monoisotopic (exact) mass is 354 g/mol. The van der Waals surface area contributed by atoms with E-state index in [4.69, 9.17) is 0 Å². The van der Waals surface area contributed by atoms with E-state index in [1.165, 1.54) is 0 Å². The third-order valence-electron chi connectivity index (χ3n) is 2.37. The van der Waals surface area contributed by atoms with E-state index in [0.29, 0.717) is 7.11 Å². The van der Waals surface area contributed by atoms with Gasteiger partial charge in [-0.1, -0.05) is 0 Å². The van der Waals surface area contributed by atoms with Crippen LogP contribution < -0.4 is 10.9 Å². The van der Waals surface area contributed by atoms with Gasteiger partial charge < -0.3 is 31.1 Å². The van der Waals surface area contributed by atoms with Crippen LogP contribution in [0.25, 0.3) is 0 Å². The molecule has 24 heavy (non-hydrogen) atoms. The predicted octanol–water partition coefficient (Wildman–Crippen LogP) is -0.732. The van der Waals surface area contributed by atoms with E-state index >= 15 is 0 Å². The molecule has 0 bridgehead atoms. The molecule has 3 N–H and O–H groups in total. The Labute approximate surface area is 127 Å². The van der Waals surface area contributed by atoms with Gasteiger partial charge >= 0.3 is 23.3 Å². The Morgan fingerprint density at radius 3 is 1.58 bits per heavy atom. The van der Waals surface area contributed by atoms with Crippen molar-refractivity contribution in [2.24, 2.45) is 0 Å². The van der Waals surface area contributed by atoms with Crippen molar-refractivity contribution in [3.8, 4) is 5.75 Å². The highest BCUT2D eigenvalue weighted by Gasteiger charge is 2.85. The molecule has 0 aliphatic carbocycles. The molecular weight excluding hydrogens is 348 g/mol. The van der Waals surface area contributed by atoms with Crippen molar-refractivity contribution >= 4 is 11.6 Å². The van der Waals surface area contributed by atoms with Crippen molar-refractivity contribution in [1.29, 1.82) is 0 Å². The molecule has 1 aromatic heterocycles. The topological polar surface area (TPSA) is 278 Å². The van der Waals surface area contributed by atoms with Crippen LogP contribution >= 0.6 is 0 Å². The number of ether oxygens (including phenoxy) is 1. The molecule has 0 amide bonds. The van der Waals surface area contributed by atoms with Crippen LogP contribution in [0.1, 0.15) is 0 Å². The highest BCUT2D eigenvalue weighted by Crippen LogP contribution is 2.39. The molecule has 0 saturated heterocycles. The first kappa shape index (κ1) is 20.0. The summed E-state index contributed by atoms with van der Waals surface area (Å²) in [6, 6.07) is 0. The Bertz CT molecular complexity index is 701. The second kappa shape index (κ2) is 6.39. The smallest absolute Gasteiger partial charge is 0.483 e. The third kappa shape index (κ3) is 2.45. The van der Waals surface area contributed by atoms with Crippen LogP contribution in [0, 0.1) is 50.6 Å². The summed E-state index contributed by atoms with van der Waals surface area (Å²) in [7, 11) is 0.660. The molecule has 0 fully saturated rings. The average Bonchev–Trinajstić information content (AvgIpc) is 2.77. The highest BCUT2D eigenvalue weighted by atomic mass is 16.7. The summed E-state index contributed by atoms with van der Waals surface area (Å²) in [5.41, 5.74) is 0. The number of nitro groups is 5. The molecule has 0 aromatic carbocycles. The maximum absolute atomic E-state index is 10.9. The van der Waals surface area contributed by atoms with Crippen molar-refractivity contribution in [3.05, 3.63) is 50.6 Å². The van der Waals surface area contributed by atoms with E-state index in [9.17, 15) is 50.6 Å². The van der Waals surface area contributed by atoms with E-state index in [1.807, 2.05) is 0 Å². The Balaban J connectivity index is 0.00000529. The fraction of sp³-hybridized carbons (Fsp3) is 0.400. The van der Waals surface area contributed by atoms with Gasteiger partial charge in [-0.15, -0.1) is 0 Å². The van der Waals surface area contributed by atoms with Crippen LogP contribution in [0.2, 0.25) is 0 Å². The van der Waals surface area contributed by atoms with E-state index in [1.54, 1.807) is 0 Å². The van der Waals surface area contributed by atoms with Crippen molar-refractivity contribution in [3.63, 3.8) is 0 Å². The van der Waals surface area contributed by atoms with E-state index < -0.39 is 52.6 Å². The molecule has 0 saturated carbocycles. The lowest BCUT2D eigenvalue weighted by Gasteiger charge is -2.02. The van der Waals surface area contributed by atoms with Crippen LogP contribution in [0.15, 0.2) is 0 Å². The quantitative estimate of drug-likeness (QED) is 0.359. The molecule has 0 unspecified atom stereocenters. The lowest BCUT2D eigenvalue weighted by atomic mass is 10.5. The minimum Gasteiger partial charge on any atom is -0.483 e. The van der Waals surface area contributed by atoms with Gasteiger partial charge in [0.2, 0.25) is 14.8 Å². The molecular formula is C5H6N8O11. The first-order chi connectivity index (χ1) is 10.5. The van der Waals surface area contributed by atoms with Gasteiger partial charge in [0.05, 0.1) is 7.11 Å². The van der Waals surface area contributed by atoms with Gasteiger partial charge in [-0.25, -0.2) is 30.3 Å². The van der Waals surface area contributed by atoms with Crippen molar-refractivity contribution in [1.82, 2.24) is 15.9 Å². The first-order valence-corrected chi connectivity index (χ1v) is 4.93. The van der Waals surface area contributed by atoms with Gasteiger partial charge in [-0.05, 0) is 9.85 Å². The summed E-state index contributed by atoms with van der Waals surface area (Å²) in [6.07, 6.45) is 0. The number of hydrogen-bond acceptors (Lipinski definition) is 13. The highest BCUT2D eigenvalue weighted by molar-refractivity contribution is 5.53. The molecule has 1 rings (SSSR count). The van der Waals surface area contributed by atoms with Crippen LogP contribution in [0.3, 0.4) is 0 Å². The predicted molar refractivity (Wildman–Crippen MR) is 66.1 cm³/mol. The molecule has 0 aliphatic heterocycles. The summed E-state index contributed by atoms with van der Waals surface area (Å²) in [6.45, 7) is 0. The van der Waals surface area contributed by atoms with Crippen LogP contribution in [0.4, 0.5) is 11.6 Å². The fourth-order valence-corrected chi connectivity index (χ4v) is 1.49. The zero-order valence-corrected chi connectivity index (χ0v) is 11.3. The molecule has 0 radical (unpaired) electrons. The second-order valence-corrected chi connectivity index (χ2v) is 3.48. The molecule has 132 valence electrons. The van der Waals surface area contributed by atoms with E-state index in [-0.39, 0.29) is 6.15 Å². The molecule has 0 atom stereocenters. The SMILES string of the molecule is COc1c([N+](=O)[O-])nn(C([N+](=O)[O-])([N+](=O)[O-])[N+](=O)[O-])c1[N+](=O)[O-].N. The number of hydrogen-bond donors (Lipinski definition) is 1. The summed E-state index contributed by atoms with van der Waals surface area (Å²) in [5.74, 6) is -9.27. The van der Waals surface area contributed by atoms with Crippen LogP contribution in [0.5, 0.6) is 5.75 Å². The van der Waals surface area contributed by atoms with Crippen molar-refractivity contribution < 1.29 is 29.4 Å². The minimum atomic E-state index is -4.59. The fourth-order valence-electron chi connectivity index (χ4n) is 1.49. The Hall–Kier alpha value is -4.03. The van der Waals surface area contributed by atoms with Gasteiger partial charge in [0.15, 0.2) is 9.78 Å². The first-order valence-electron chi connectivity index (χ1n) is 4.93. The molecule has 1 aromatic rings. The largest absolute Gasteiger partial charge is 0.898 e. The summed E-state index contributed by atoms with van der Waals surface area (Å²) in [5, 5.41) is 57.0. The minimum absolute atomic E-state index is 0. The summed E-state index contributed by atoms with van der Waals surface area (Å²) in [4.78, 5) is 45.0. The number of methoxy groups -OCH3 is 1. The number of nitrogens with zero attached hydrogens (tertiary/aromatic N) is 7. The average molecular weight is 354 g/mol. The normalized spacial score (nSPS) is 10.4. The van der Waals surface area contributed by atoms with Gasteiger partial charge in [0.25, 0.3) is 0 Å². The van der Waals surface area contributed by atoms with Crippen LogP contribution in [-0.2, 0) is 5.91 Å². The van der Waals surface area contributed by atoms with Crippen molar-refractivity contribution in [2.45, 2.75) is 5.91 Å². The zero-order chi connectivity index (χ0) is 18.1. The summed E-state index contributed by atoms with van der Waals surface area (Å²) >= 11 is 0. The maximum Gasteiger partial charge on any atom is 0.898 e. The zero-order valence-electron chi connectivity index (χ0n) is 11.3. The molecule has 19 nitrogen and oxygen atoms in total. The third-order valence-corrected chi connectivity index (χ3v) is 2.37. The lowest BCUT2D eigenvalue weighted by molar-refractivity contribution is -1.01. The molecule has 0 spiro atoms. The van der Waals surface area contributed by atoms with Gasteiger partial charge in [-0.2, -0.15) is 0 Å².